The first kappa shape index (κ1) is 20.9. The van der Waals surface area contributed by atoms with Crippen molar-refractivity contribution in [1.29, 1.82) is 0 Å². The Kier molecular flexibility index (Phi) is 5.39. The Morgan fingerprint density at radius 2 is 1.97 bits per heavy atom. The highest BCUT2D eigenvalue weighted by Crippen LogP contribution is 2.39. The molecule has 1 aliphatic carbocycles. The molecular formula is C24H21N5O3S. The molecule has 1 saturated carbocycles. The largest absolute Gasteiger partial charge is 0.496 e. The van der Waals surface area contributed by atoms with Crippen molar-refractivity contribution >= 4 is 45.4 Å². The summed E-state index contributed by atoms with van der Waals surface area (Å²) < 4.78 is 5.59. The molecule has 5 rings (SSSR count). The number of anilines is 2. The molecule has 4 N–H and O–H groups in total. The van der Waals surface area contributed by atoms with Crippen LogP contribution in [-0.4, -0.2) is 34.9 Å². The maximum atomic E-state index is 13.0. The van der Waals surface area contributed by atoms with Crippen LogP contribution in [0.5, 0.6) is 5.75 Å². The van der Waals surface area contributed by atoms with E-state index in [4.69, 9.17) is 10.5 Å². The first-order valence-electron chi connectivity index (χ1n) is 10.4. The van der Waals surface area contributed by atoms with Gasteiger partial charge in [0.2, 0.25) is 0 Å². The number of hydrogen-bond donors (Lipinski definition) is 3. The number of aromatic nitrogens is 2. The number of amides is 2. The molecule has 0 unspecified atom stereocenters. The Balaban J connectivity index is 1.69. The molecule has 2 heterocycles. The minimum absolute atomic E-state index is 0.173. The molecule has 1 fully saturated rings. The number of pyridine rings is 1. The van der Waals surface area contributed by atoms with E-state index < -0.39 is 5.91 Å². The van der Waals surface area contributed by atoms with Gasteiger partial charge in [-0.3, -0.25) is 14.6 Å². The molecule has 9 heteroatoms. The zero-order valence-corrected chi connectivity index (χ0v) is 18.6. The Morgan fingerprint density at radius 1 is 1.18 bits per heavy atom. The minimum atomic E-state index is -0.593. The Hall–Kier alpha value is -3.98. The molecule has 2 aromatic carbocycles. The number of nitrogens with one attached hydrogen (secondary N) is 2. The Labute approximate surface area is 193 Å². The van der Waals surface area contributed by atoms with Gasteiger partial charge in [0.1, 0.15) is 16.5 Å². The number of para-hydroxylation sites is 1. The summed E-state index contributed by atoms with van der Waals surface area (Å²) in [4.78, 5) is 33.5. The van der Waals surface area contributed by atoms with Crippen LogP contribution in [0.1, 0.15) is 33.7 Å². The van der Waals surface area contributed by atoms with E-state index in [1.54, 1.807) is 24.8 Å². The van der Waals surface area contributed by atoms with Gasteiger partial charge in [-0.05, 0) is 31.0 Å². The van der Waals surface area contributed by atoms with Gasteiger partial charge in [0.05, 0.1) is 29.4 Å². The molecule has 0 bridgehead atoms. The molecule has 33 heavy (non-hydrogen) atoms. The molecule has 0 aliphatic heterocycles. The van der Waals surface area contributed by atoms with Crippen molar-refractivity contribution in [3.63, 3.8) is 0 Å². The third kappa shape index (κ3) is 4.22. The zero-order valence-electron chi connectivity index (χ0n) is 17.8. The smallest absolute Gasteiger partial charge is 0.268 e. The predicted octanol–water partition coefficient (Wildman–Crippen LogP) is 4.10. The van der Waals surface area contributed by atoms with Crippen molar-refractivity contribution in [2.75, 3.05) is 12.4 Å². The highest BCUT2D eigenvalue weighted by atomic mass is 32.1. The number of benzene rings is 2. The summed E-state index contributed by atoms with van der Waals surface area (Å²) in [5.41, 5.74) is 8.84. The van der Waals surface area contributed by atoms with Crippen molar-refractivity contribution in [2.45, 2.75) is 18.9 Å². The number of thiazole rings is 1. The maximum absolute atomic E-state index is 13.0. The van der Waals surface area contributed by atoms with Crippen molar-refractivity contribution in [2.24, 2.45) is 5.73 Å². The van der Waals surface area contributed by atoms with E-state index in [0.717, 1.165) is 23.9 Å². The number of ether oxygens (including phenoxy) is 1. The number of methoxy groups -OCH3 is 1. The Bertz CT molecular complexity index is 1370. The molecular weight excluding hydrogens is 438 g/mol. The number of rotatable bonds is 7. The van der Waals surface area contributed by atoms with E-state index in [1.807, 2.05) is 36.4 Å². The van der Waals surface area contributed by atoms with Gasteiger partial charge in [-0.25, -0.2) is 4.98 Å². The van der Waals surface area contributed by atoms with Gasteiger partial charge < -0.3 is 21.1 Å². The summed E-state index contributed by atoms with van der Waals surface area (Å²) in [5, 5.41) is 9.37. The van der Waals surface area contributed by atoms with Crippen LogP contribution >= 0.6 is 11.3 Å². The molecule has 0 atom stereocenters. The Morgan fingerprint density at radius 3 is 2.64 bits per heavy atom. The average Bonchev–Trinajstić information content (AvgIpc) is 3.49. The fourth-order valence-electron chi connectivity index (χ4n) is 3.53. The molecule has 4 aromatic rings. The summed E-state index contributed by atoms with van der Waals surface area (Å²) >= 11 is 1.29. The second-order valence-electron chi connectivity index (χ2n) is 7.76. The average molecular weight is 460 g/mol. The molecule has 8 nitrogen and oxygen atoms in total. The molecule has 2 aromatic heterocycles. The highest BCUT2D eigenvalue weighted by Gasteiger charge is 2.26. The van der Waals surface area contributed by atoms with Gasteiger partial charge in [-0.1, -0.05) is 18.2 Å². The summed E-state index contributed by atoms with van der Waals surface area (Å²) in [7, 11) is 1.56. The van der Waals surface area contributed by atoms with E-state index in [2.05, 4.69) is 20.6 Å². The molecule has 0 spiro atoms. The second-order valence-corrected chi connectivity index (χ2v) is 8.62. The van der Waals surface area contributed by atoms with Gasteiger partial charge in [0.15, 0.2) is 0 Å². The van der Waals surface area contributed by atoms with Crippen LogP contribution in [0, 0.1) is 0 Å². The van der Waals surface area contributed by atoms with E-state index in [-0.39, 0.29) is 17.6 Å². The third-order valence-corrected chi connectivity index (χ3v) is 6.25. The standard InChI is InChI=1S/C24H21N5O3S/c1-32-20-10-18-15(9-16(20)24-29-19(12-33-24)22(25)30)21(27-13-5-3-2-4-6-13)17(11-26-18)23(31)28-14-7-8-14/h2-6,9-12,14H,7-8H2,1H3,(H2,25,30)(H,26,27)(H,28,31). The van der Waals surface area contributed by atoms with Gasteiger partial charge >= 0.3 is 0 Å². The summed E-state index contributed by atoms with van der Waals surface area (Å²) in [6.45, 7) is 0. The lowest BCUT2D eigenvalue weighted by atomic mass is 10.0. The number of nitrogens with zero attached hydrogens (tertiary/aromatic N) is 2. The van der Waals surface area contributed by atoms with Crippen LogP contribution in [0.2, 0.25) is 0 Å². The van der Waals surface area contributed by atoms with Gasteiger partial charge in [-0.15, -0.1) is 11.3 Å². The van der Waals surface area contributed by atoms with Gasteiger partial charge in [0, 0.05) is 34.8 Å². The summed E-state index contributed by atoms with van der Waals surface area (Å²) in [6.07, 6.45) is 3.56. The van der Waals surface area contributed by atoms with Gasteiger partial charge in [-0.2, -0.15) is 0 Å². The number of hydrogen-bond acceptors (Lipinski definition) is 7. The molecule has 166 valence electrons. The number of carbonyl (C=O) groups is 2. The fourth-order valence-corrected chi connectivity index (χ4v) is 4.36. The van der Waals surface area contributed by atoms with Crippen LogP contribution in [0.15, 0.2) is 54.0 Å². The van der Waals surface area contributed by atoms with Crippen molar-refractivity contribution in [3.05, 3.63) is 65.3 Å². The lowest BCUT2D eigenvalue weighted by Gasteiger charge is -2.16. The summed E-state index contributed by atoms with van der Waals surface area (Å²) in [6, 6.07) is 13.5. The predicted molar refractivity (Wildman–Crippen MR) is 128 cm³/mol. The number of fused-ring (bicyclic) bond motifs is 1. The number of carbonyl (C=O) groups excluding carboxylic acids is 2. The second kappa shape index (κ2) is 8.51. The van der Waals surface area contributed by atoms with E-state index >= 15 is 0 Å². The van der Waals surface area contributed by atoms with Crippen LogP contribution < -0.4 is 21.1 Å². The SMILES string of the molecule is COc1cc2ncc(C(=O)NC3CC3)c(Nc3ccccc3)c2cc1-c1nc(C(N)=O)cs1. The summed E-state index contributed by atoms with van der Waals surface area (Å²) in [5.74, 6) is -0.210. The monoisotopic (exact) mass is 459 g/mol. The number of primary amides is 1. The number of nitrogens with two attached hydrogens (primary N) is 1. The quantitative estimate of drug-likeness (QED) is 0.383. The van der Waals surface area contributed by atoms with E-state index in [1.165, 1.54) is 11.3 Å². The topological polar surface area (TPSA) is 119 Å². The molecule has 0 saturated heterocycles. The van der Waals surface area contributed by atoms with Crippen molar-refractivity contribution in [1.82, 2.24) is 15.3 Å². The highest BCUT2D eigenvalue weighted by molar-refractivity contribution is 7.13. The van der Waals surface area contributed by atoms with Crippen LogP contribution in [0.25, 0.3) is 21.5 Å². The van der Waals surface area contributed by atoms with Gasteiger partial charge in [0.25, 0.3) is 11.8 Å². The first-order valence-corrected chi connectivity index (χ1v) is 11.3. The molecule has 1 aliphatic rings. The molecule has 0 radical (unpaired) electrons. The lowest BCUT2D eigenvalue weighted by Crippen LogP contribution is -2.26. The molecule has 2 amide bonds. The fraction of sp³-hybridized carbons (Fsp3) is 0.167. The minimum Gasteiger partial charge on any atom is -0.496 e. The van der Waals surface area contributed by atoms with E-state index in [0.29, 0.717) is 33.1 Å². The van der Waals surface area contributed by atoms with Crippen LogP contribution in [0.4, 0.5) is 11.4 Å². The van der Waals surface area contributed by atoms with Crippen LogP contribution in [-0.2, 0) is 0 Å². The first-order chi connectivity index (χ1) is 16.0. The lowest BCUT2D eigenvalue weighted by molar-refractivity contribution is 0.0950. The van der Waals surface area contributed by atoms with Crippen LogP contribution in [0.3, 0.4) is 0 Å². The zero-order chi connectivity index (χ0) is 22.9. The normalized spacial score (nSPS) is 13.0. The van der Waals surface area contributed by atoms with E-state index in [9.17, 15) is 9.59 Å². The van der Waals surface area contributed by atoms with Crippen molar-refractivity contribution in [3.8, 4) is 16.3 Å². The van der Waals surface area contributed by atoms with Crippen molar-refractivity contribution < 1.29 is 14.3 Å². The third-order valence-electron chi connectivity index (χ3n) is 5.38. The maximum Gasteiger partial charge on any atom is 0.268 e.